The van der Waals surface area contributed by atoms with Crippen molar-refractivity contribution in [2.75, 3.05) is 6.61 Å². The normalized spacial score (nSPS) is 17.9. The van der Waals surface area contributed by atoms with Crippen LogP contribution in [0.4, 0.5) is 0 Å². The molecule has 0 bridgehead atoms. The van der Waals surface area contributed by atoms with Crippen molar-refractivity contribution in [1.29, 1.82) is 0 Å². The second kappa shape index (κ2) is 16.0. The molecule has 6 aromatic carbocycles. The third-order valence-electron chi connectivity index (χ3n) is 9.09. The van der Waals surface area contributed by atoms with E-state index in [0.717, 1.165) is 33.4 Å². The molecule has 0 saturated carbocycles. The average molecular weight is 705 g/mol. The molecule has 1 aliphatic rings. The SMILES string of the molecule is CC1S[C@@H](COC(=O)c2ccc(-c3ccccc3)cc2)[C@H](OC(=O)c2ccc(-c3ccccc3)cc2)[C@H]1OC(=O)c1ccc(-c2ccccc2)cc1. The summed E-state index contributed by atoms with van der Waals surface area (Å²) in [6, 6.07) is 51.3. The van der Waals surface area contributed by atoms with Crippen LogP contribution < -0.4 is 0 Å². The Kier molecular flexibility index (Phi) is 10.6. The van der Waals surface area contributed by atoms with Gasteiger partial charge < -0.3 is 14.2 Å². The maximum atomic E-state index is 13.6. The first-order valence-corrected chi connectivity index (χ1v) is 18.1. The number of rotatable bonds is 10. The zero-order valence-electron chi connectivity index (χ0n) is 28.5. The molecule has 1 heterocycles. The molecule has 0 amide bonds. The van der Waals surface area contributed by atoms with Gasteiger partial charge in [0, 0.05) is 5.25 Å². The summed E-state index contributed by atoms with van der Waals surface area (Å²) in [4.78, 5) is 40.3. The van der Waals surface area contributed by atoms with Crippen molar-refractivity contribution in [2.24, 2.45) is 0 Å². The lowest BCUT2D eigenvalue weighted by Crippen LogP contribution is -2.41. The molecule has 52 heavy (non-hydrogen) atoms. The van der Waals surface area contributed by atoms with Gasteiger partial charge in [0.05, 0.1) is 21.9 Å². The minimum absolute atomic E-state index is 0.0427. The number of ether oxygens (including phenoxy) is 3. The fraction of sp³-hybridized carbons (Fsp3) is 0.133. The maximum absolute atomic E-state index is 13.6. The van der Waals surface area contributed by atoms with Crippen molar-refractivity contribution >= 4 is 29.7 Å². The molecule has 1 unspecified atom stereocenters. The first-order chi connectivity index (χ1) is 25.4. The van der Waals surface area contributed by atoms with Gasteiger partial charge >= 0.3 is 17.9 Å². The lowest BCUT2D eigenvalue weighted by atomic mass is 10.0. The molecule has 1 aliphatic heterocycles. The van der Waals surface area contributed by atoms with Gasteiger partial charge in [0.1, 0.15) is 6.61 Å². The molecule has 7 rings (SSSR count). The molecule has 6 aromatic rings. The van der Waals surface area contributed by atoms with Gasteiger partial charge in [-0.3, -0.25) is 0 Å². The van der Waals surface area contributed by atoms with Crippen molar-refractivity contribution in [3.8, 4) is 33.4 Å². The van der Waals surface area contributed by atoms with Gasteiger partial charge in [-0.2, -0.15) is 0 Å². The average Bonchev–Trinajstić information content (AvgIpc) is 3.50. The van der Waals surface area contributed by atoms with E-state index in [1.165, 1.54) is 11.8 Å². The first-order valence-electron chi connectivity index (χ1n) is 17.1. The Morgan fingerprint density at radius 3 is 1.15 bits per heavy atom. The molecule has 1 fully saturated rings. The molecule has 1 saturated heterocycles. The second-order valence-electron chi connectivity index (χ2n) is 12.5. The molecule has 258 valence electrons. The molecule has 6 nitrogen and oxygen atoms in total. The van der Waals surface area contributed by atoms with Crippen molar-refractivity contribution in [2.45, 2.75) is 29.6 Å². The molecule has 0 N–H and O–H groups in total. The van der Waals surface area contributed by atoms with E-state index in [4.69, 9.17) is 14.2 Å². The summed E-state index contributed by atoms with van der Waals surface area (Å²) in [5.41, 5.74) is 7.20. The van der Waals surface area contributed by atoms with Crippen LogP contribution in [-0.4, -0.2) is 47.2 Å². The summed E-state index contributed by atoms with van der Waals surface area (Å²) in [6.45, 7) is 1.87. The Bertz CT molecular complexity index is 2120. The van der Waals surface area contributed by atoms with Crippen LogP contribution in [0.1, 0.15) is 38.0 Å². The van der Waals surface area contributed by atoms with E-state index in [0.29, 0.717) is 16.7 Å². The zero-order chi connectivity index (χ0) is 35.9. The number of hydrogen-bond acceptors (Lipinski definition) is 7. The molecular weight excluding hydrogens is 669 g/mol. The fourth-order valence-corrected chi connectivity index (χ4v) is 7.69. The number of carbonyl (C=O) groups excluding carboxylic acids is 3. The molecule has 0 aromatic heterocycles. The Balaban J connectivity index is 1.07. The van der Waals surface area contributed by atoms with Crippen molar-refractivity contribution < 1.29 is 28.6 Å². The summed E-state index contributed by atoms with van der Waals surface area (Å²) >= 11 is 1.46. The largest absolute Gasteiger partial charge is 0.461 e. The Hall–Kier alpha value is -5.92. The number of carbonyl (C=O) groups is 3. The quantitative estimate of drug-likeness (QED) is 0.104. The van der Waals surface area contributed by atoms with Crippen LogP contribution in [0.15, 0.2) is 164 Å². The molecule has 0 radical (unpaired) electrons. The highest BCUT2D eigenvalue weighted by Gasteiger charge is 2.48. The van der Waals surface area contributed by atoms with E-state index >= 15 is 0 Å². The molecule has 0 spiro atoms. The highest BCUT2D eigenvalue weighted by Crippen LogP contribution is 2.39. The monoisotopic (exact) mass is 704 g/mol. The maximum Gasteiger partial charge on any atom is 0.338 e. The zero-order valence-corrected chi connectivity index (χ0v) is 29.3. The number of hydrogen-bond donors (Lipinski definition) is 0. The lowest BCUT2D eigenvalue weighted by Gasteiger charge is -2.25. The molecule has 7 heteroatoms. The van der Waals surface area contributed by atoms with Crippen molar-refractivity contribution in [3.63, 3.8) is 0 Å². The van der Waals surface area contributed by atoms with E-state index in [2.05, 4.69) is 0 Å². The van der Waals surface area contributed by atoms with Crippen LogP contribution in [0.25, 0.3) is 33.4 Å². The van der Waals surface area contributed by atoms with Crippen LogP contribution in [0, 0.1) is 0 Å². The summed E-state index contributed by atoms with van der Waals surface area (Å²) in [5, 5.41) is -0.729. The standard InChI is InChI=1S/C45H36O6S/c1-30-41(50-44(47)38-25-19-35(20-26-38)32-13-7-3-8-14-32)42(51-45(48)39-27-21-36(22-28-39)33-15-9-4-10-16-33)40(52-30)29-49-43(46)37-23-17-34(18-24-37)31-11-5-2-6-12-31/h2-28,30,40-42H,29H2,1H3/t30?,40-,41-,42-/m0/s1. The smallest absolute Gasteiger partial charge is 0.338 e. The van der Waals surface area contributed by atoms with Crippen LogP contribution in [0.2, 0.25) is 0 Å². The van der Waals surface area contributed by atoms with Crippen LogP contribution >= 0.6 is 11.8 Å². The van der Waals surface area contributed by atoms with Gasteiger partial charge in [0.25, 0.3) is 0 Å². The Labute approximate surface area is 307 Å². The van der Waals surface area contributed by atoms with Gasteiger partial charge in [0.2, 0.25) is 0 Å². The third-order valence-corrected chi connectivity index (χ3v) is 10.5. The van der Waals surface area contributed by atoms with Crippen LogP contribution in [0.5, 0.6) is 0 Å². The molecular formula is C45H36O6S. The summed E-state index contributed by atoms with van der Waals surface area (Å²) in [5.74, 6) is -1.57. The van der Waals surface area contributed by atoms with Gasteiger partial charge in [0.15, 0.2) is 12.2 Å². The number of benzene rings is 6. The second-order valence-corrected chi connectivity index (χ2v) is 14.2. The highest BCUT2D eigenvalue weighted by atomic mass is 32.2. The van der Waals surface area contributed by atoms with E-state index in [-0.39, 0.29) is 11.9 Å². The van der Waals surface area contributed by atoms with Gasteiger partial charge in [-0.1, -0.05) is 127 Å². The van der Waals surface area contributed by atoms with E-state index in [9.17, 15) is 14.4 Å². The lowest BCUT2D eigenvalue weighted by molar-refractivity contribution is -0.0349. The topological polar surface area (TPSA) is 78.9 Å². The minimum Gasteiger partial charge on any atom is -0.461 e. The highest BCUT2D eigenvalue weighted by molar-refractivity contribution is 8.00. The minimum atomic E-state index is -0.873. The van der Waals surface area contributed by atoms with Crippen LogP contribution in [0.3, 0.4) is 0 Å². The molecule has 0 aliphatic carbocycles. The third kappa shape index (κ3) is 8.01. The van der Waals surface area contributed by atoms with Crippen molar-refractivity contribution in [1.82, 2.24) is 0 Å². The summed E-state index contributed by atoms with van der Waals surface area (Å²) in [6.07, 6.45) is -1.66. The van der Waals surface area contributed by atoms with Crippen LogP contribution in [-0.2, 0) is 14.2 Å². The number of thioether (sulfide) groups is 1. The Morgan fingerprint density at radius 1 is 0.442 bits per heavy atom. The van der Waals surface area contributed by atoms with Gasteiger partial charge in [-0.25, -0.2) is 14.4 Å². The summed E-state index contributed by atoms with van der Waals surface area (Å²) in [7, 11) is 0. The Morgan fingerprint density at radius 2 is 0.769 bits per heavy atom. The first kappa shape index (κ1) is 34.5. The predicted molar refractivity (Wildman–Crippen MR) is 205 cm³/mol. The fourth-order valence-electron chi connectivity index (χ4n) is 6.26. The van der Waals surface area contributed by atoms with Gasteiger partial charge in [-0.05, 0) is 76.7 Å². The van der Waals surface area contributed by atoms with E-state index < -0.39 is 35.4 Å². The number of esters is 3. The summed E-state index contributed by atoms with van der Waals surface area (Å²) < 4.78 is 18.0. The predicted octanol–water partition coefficient (Wildman–Crippen LogP) is 9.80. The van der Waals surface area contributed by atoms with Crippen molar-refractivity contribution in [3.05, 3.63) is 180 Å². The van der Waals surface area contributed by atoms with E-state index in [1.54, 1.807) is 36.4 Å². The van der Waals surface area contributed by atoms with E-state index in [1.807, 2.05) is 134 Å². The van der Waals surface area contributed by atoms with Gasteiger partial charge in [-0.15, -0.1) is 11.8 Å². The molecule has 4 atom stereocenters.